The van der Waals surface area contributed by atoms with Crippen molar-refractivity contribution in [1.82, 2.24) is 15.0 Å². The maximum absolute atomic E-state index is 12.1. The first-order valence-electron chi connectivity index (χ1n) is 9.73. The predicted octanol–water partition coefficient (Wildman–Crippen LogP) is 4.40. The number of halogens is 2. The number of pyridine rings is 1. The van der Waals surface area contributed by atoms with E-state index in [2.05, 4.69) is 37.4 Å². The molecule has 10 heteroatoms. The summed E-state index contributed by atoms with van der Waals surface area (Å²) in [6.07, 6.45) is 3.30. The van der Waals surface area contributed by atoms with Crippen molar-refractivity contribution < 1.29 is 9.00 Å². The number of anilines is 2. The number of nitrogens with zero attached hydrogens (tertiary/aromatic N) is 3. The lowest BCUT2D eigenvalue weighted by Gasteiger charge is -2.10. The molecule has 1 unspecified atom stereocenters. The highest BCUT2D eigenvalue weighted by Gasteiger charge is 2.15. The van der Waals surface area contributed by atoms with Crippen LogP contribution in [0.3, 0.4) is 0 Å². The average Bonchev–Trinajstić information content (AvgIpc) is 2.73. The quantitative estimate of drug-likeness (QED) is 0.232. The van der Waals surface area contributed by atoms with Crippen LogP contribution in [-0.2, 0) is 9.71 Å². The van der Waals surface area contributed by atoms with Gasteiger partial charge < -0.3 is 10.5 Å². The number of hydrogen-bond acceptors (Lipinski definition) is 6. The molecule has 0 aliphatic carbocycles. The normalized spacial score (nSPS) is 12.4. The summed E-state index contributed by atoms with van der Waals surface area (Å²) in [4.78, 5) is 24.7. The molecule has 0 saturated carbocycles. The molecule has 7 nitrogen and oxygen atoms in total. The first-order chi connectivity index (χ1) is 15.5. The molecule has 33 heavy (non-hydrogen) atoms. The van der Waals surface area contributed by atoms with Crippen LogP contribution in [0.4, 0.5) is 11.6 Å². The molecule has 0 fully saturated rings. The summed E-state index contributed by atoms with van der Waals surface area (Å²) in [6.45, 7) is 3.54. The Balaban J connectivity index is 2.09. The largest absolute Gasteiger partial charge is 0.368 e. The molecule has 0 spiro atoms. The summed E-state index contributed by atoms with van der Waals surface area (Å²) in [5.74, 6) is 9.66. The number of nitrogens with two attached hydrogens (primary N) is 1. The Labute approximate surface area is 202 Å². The van der Waals surface area contributed by atoms with Gasteiger partial charge in [-0.1, -0.05) is 48.0 Å². The van der Waals surface area contributed by atoms with Crippen LogP contribution in [0.25, 0.3) is 11.3 Å². The minimum Gasteiger partial charge on any atom is -0.368 e. The van der Waals surface area contributed by atoms with Crippen LogP contribution in [-0.4, -0.2) is 37.1 Å². The topological polar surface area (TPSA) is 111 Å². The molecule has 170 valence electrons. The van der Waals surface area contributed by atoms with E-state index in [1.807, 2.05) is 0 Å². The summed E-state index contributed by atoms with van der Waals surface area (Å²) in [5.41, 5.74) is 9.45. The van der Waals surface area contributed by atoms with E-state index in [1.165, 1.54) is 12.5 Å². The molecule has 3 rings (SSSR count). The molecule has 3 N–H and O–H groups in total. The number of nitrogens with one attached hydrogen (secondary N) is 1. The molecule has 1 atom stereocenters. The highest BCUT2D eigenvalue weighted by atomic mass is 35.5. The minimum absolute atomic E-state index is 0.0529. The Hall–Kier alpha value is -3.12. The summed E-state index contributed by atoms with van der Waals surface area (Å²) in [7, 11) is -2.55. The van der Waals surface area contributed by atoms with E-state index in [9.17, 15) is 9.00 Å². The average molecular weight is 502 g/mol. The molecular formula is C23H21Cl2N5O2S. The molecule has 3 aromatic rings. The number of carbonyl (C=O) groups excluding carboxylic acids is 1. The van der Waals surface area contributed by atoms with E-state index in [-0.39, 0.29) is 16.9 Å². The summed E-state index contributed by atoms with van der Waals surface area (Å²) in [6, 6.07) is 6.70. The number of ketones is 1. The molecule has 2 aromatic heterocycles. The van der Waals surface area contributed by atoms with Crippen LogP contribution >= 0.6 is 23.2 Å². The standard InChI is InChI=1S/C23H21Cl2N5O2S/c1-5-20(31)17-9-7-15(11-18(17)24)21-16(13(2)28-23(26)29-21)8-6-14-10-19(22(25)27-12-14)30-33(3,4)32/h7,9-12H,3,5H2,1-2,4H3,(H,30,32)(H2,26,28,29). The van der Waals surface area contributed by atoms with E-state index in [0.717, 1.165) is 0 Å². The van der Waals surface area contributed by atoms with Gasteiger partial charge in [-0.2, -0.15) is 0 Å². The van der Waals surface area contributed by atoms with Crippen molar-refractivity contribution in [3.63, 3.8) is 0 Å². The Kier molecular flexibility index (Phi) is 7.28. The van der Waals surface area contributed by atoms with Gasteiger partial charge in [0.2, 0.25) is 5.95 Å². The Morgan fingerprint density at radius 1 is 1.24 bits per heavy atom. The first-order valence-corrected chi connectivity index (χ1v) is 12.6. The second kappa shape index (κ2) is 9.79. The third-order valence-corrected chi connectivity index (χ3v) is 5.73. The Morgan fingerprint density at radius 3 is 2.61 bits per heavy atom. The van der Waals surface area contributed by atoms with Gasteiger partial charge in [0, 0.05) is 45.3 Å². The van der Waals surface area contributed by atoms with Crippen molar-refractivity contribution in [2.75, 3.05) is 16.7 Å². The molecule has 0 amide bonds. The van der Waals surface area contributed by atoms with Crippen molar-refractivity contribution >= 4 is 56.2 Å². The maximum Gasteiger partial charge on any atom is 0.220 e. The van der Waals surface area contributed by atoms with Crippen LogP contribution in [0.5, 0.6) is 0 Å². The molecular weight excluding hydrogens is 481 g/mol. The van der Waals surface area contributed by atoms with Crippen molar-refractivity contribution in [3.05, 3.63) is 63.0 Å². The van der Waals surface area contributed by atoms with E-state index >= 15 is 0 Å². The number of aromatic nitrogens is 3. The van der Waals surface area contributed by atoms with Gasteiger partial charge in [-0.25, -0.2) is 19.2 Å². The van der Waals surface area contributed by atoms with Crippen molar-refractivity contribution in [3.8, 4) is 23.1 Å². The zero-order chi connectivity index (χ0) is 24.3. The van der Waals surface area contributed by atoms with Gasteiger partial charge in [-0.15, -0.1) is 0 Å². The van der Waals surface area contributed by atoms with Gasteiger partial charge >= 0.3 is 0 Å². The van der Waals surface area contributed by atoms with Gasteiger partial charge in [0.1, 0.15) is 0 Å². The number of nitrogen functional groups attached to an aromatic ring is 1. The summed E-state index contributed by atoms with van der Waals surface area (Å²) in [5, 5.41) is 0.477. The number of carbonyl (C=O) groups is 1. The van der Waals surface area contributed by atoms with Crippen LogP contribution in [0.1, 0.15) is 40.5 Å². The van der Waals surface area contributed by atoms with Gasteiger partial charge in [-0.05, 0) is 31.0 Å². The third kappa shape index (κ3) is 6.02. The fourth-order valence-electron chi connectivity index (χ4n) is 2.99. The van der Waals surface area contributed by atoms with Gasteiger partial charge in [0.15, 0.2) is 10.9 Å². The summed E-state index contributed by atoms with van der Waals surface area (Å²) >= 11 is 12.4. The highest BCUT2D eigenvalue weighted by Crippen LogP contribution is 2.29. The fourth-order valence-corrected chi connectivity index (χ4v) is 4.10. The molecule has 0 bridgehead atoms. The van der Waals surface area contributed by atoms with Crippen LogP contribution in [0.2, 0.25) is 10.2 Å². The molecule has 0 saturated heterocycles. The fraction of sp³-hybridized carbons (Fsp3) is 0.174. The first kappa shape index (κ1) is 24.5. The highest BCUT2D eigenvalue weighted by molar-refractivity contribution is 8.00. The van der Waals surface area contributed by atoms with Crippen LogP contribution in [0, 0.1) is 18.8 Å². The van der Waals surface area contributed by atoms with E-state index in [4.69, 9.17) is 28.9 Å². The van der Waals surface area contributed by atoms with Gasteiger partial charge in [0.25, 0.3) is 0 Å². The zero-order valence-electron chi connectivity index (χ0n) is 18.2. The lowest BCUT2D eigenvalue weighted by molar-refractivity contribution is 0.0988. The molecule has 0 aliphatic rings. The second-order valence-electron chi connectivity index (χ2n) is 7.28. The SMILES string of the molecule is C=S(C)(=O)Nc1cc(C#Cc2c(C)nc(N)nc2-c2ccc(C(=O)CC)c(Cl)c2)cnc1Cl. The van der Waals surface area contributed by atoms with Crippen molar-refractivity contribution in [1.29, 1.82) is 0 Å². The molecule has 0 aliphatic heterocycles. The predicted molar refractivity (Wildman–Crippen MR) is 136 cm³/mol. The second-order valence-corrected chi connectivity index (χ2v) is 10.3. The Bertz CT molecular complexity index is 1430. The lowest BCUT2D eigenvalue weighted by Crippen LogP contribution is -2.10. The third-order valence-electron chi connectivity index (χ3n) is 4.47. The molecule has 0 radical (unpaired) electrons. The number of aryl methyl sites for hydroxylation is 1. The van der Waals surface area contributed by atoms with E-state index in [0.29, 0.717) is 50.8 Å². The minimum atomic E-state index is -2.55. The van der Waals surface area contributed by atoms with E-state index in [1.54, 1.807) is 38.1 Å². The van der Waals surface area contributed by atoms with Crippen molar-refractivity contribution in [2.45, 2.75) is 20.3 Å². The maximum atomic E-state index is 12.1. The Morgan fingerprint density at radius 2 is 1.97 bits per heavy atom. The van der Waals surface area contributed by atoms with Crippen LogP contribution in [0.15, 0.2) is 30.5 Å². The lowest BCUT2D eigenvalue weighted by atomic mass is 10.0. The van der Waals surface area contributed by atoms with Gasteiger partial charge in [-0.3, -0.25) is 4.79 Å². The van der Waals surface area contributed by atoms with Gasteiger partial charge in [0.05, 0.1) is 27.7 Å². The number of Topliss-reactive ketones (excluding diaryl/α,β-unsaturated/α-hetero) is 1. The summed E-state index contributed by atoms with van der Waals surface area (Å²) < 4.78 is 14.7. The molecule has 2 heterocycles. The molecule has 1 aromatic carbocycles. The van der Waals surface area contributed by atoms with Crippen molar-refractivity contribution in [2.24, 2.45) is 0 Å². The number of benzene rings is 1. The van der Waals surface area contributed by atoms with Crippen LogP contribution < -0.4 is 10.5 Å². The number of rotatable bonds is 5. The smallest absolute Gasteiger partial charge is 0.220 e. The van der Waals surface area contributed by atoms with E-state index < -0.39 is 9.71 Å². The monoisotopic (exact) mass is 501 g/mol. The zero-order valence-corrected chi connectivity index (χ0v) is 20.5. The number of hydrogen-bond donors (Lipinski definition) is 2.